The third-order valence-electron chi connectivity index (χ3n) is 5.55. The zero-order valence-electron chi connectivity index (χ0n) is 12.2. The van der Waals surface area contributed by atoms with E-state index < -0.39 is 11.9 Å². The SMILES string of the molecule is CC1(C)CCC[C@@]2(C)c3cc(C#N)c(F)cc3[C@H](O)[C@@H]12. The highest BCUT2D eigenvalue weighted by atomic mass is 19.1. The number of benzene rings is 1. The van der Waals surface area contributed by atoms with Crippen molar-refractivity contribution in [2.75, 3.05) is 0 Å². The van der Waals surface area contributed by atoms with Crippen LogP contribution in [0.1, 0.15) is 62.8 Å². The maximum Gasteiger partial charge on any atom is 0.141 e. The van der Waals surface area contributed by atoms with Gasteiger partial charge in [0.05, 0.1) is 11.7 Å². The smallest absolute Gasteiger partial charge is 0.141 e. The van der Waals surface area contributed by atoms with E-state index >= 15 is 0 Å². The Labute approximate surface area is 119 Å². The summed E-state index contributed by atoms with van der Waals surface area (Å²) in [6.45, 7) is 6.53. The molecule has 2 nitrogen and oxygen atoms in total. The second-order valence-corrected chi connectivity index (χ2v) is 7.21. The number of hydrogen-bond acceptors (Lipinski definition) is 2. The lowest BCUT2D eigenvalue weighted by Crippen LogP contribution is -2.43. The zero-order chi connectivity index (χ0) is 14.7. The third kappa shape index (κ3) is 1.58. The van der Waals surface area contributed by atoms with Crippen molar-refractivity contribution in [1.29, 1.82) is 5.26 Å². The fourth-order valence-corrected chi connectivity index (χ4v) is 4.76. The molecule has 2 aliphatic rings. The van der Waals surface area contributed by atoms with Crippen LogP contribution in [0.2, 0.25) is 0 Å². The second-order valence-electron chi connectivity index (χ2n) is 7.21. The predicted molar refractivity (Wildman–Crippen MR) is 74.5 cm³/mol. The minimum absolute atomic E-state index is 0.0225. The Bertz CT molecular complexity index is 616. The van der Waals surface area contributed by atoms with Crippen molar-refractivity contribution >= 4 is 0 Å². The van der Waals surface area contributed by atoms with Crippen LogP contribution >= 0.6 is 0 Å². The Morgan fingerprint density at radius 2 is 2.00 bits per heavy atom. The van der Waals surface area contributed by atoms with E-state index in [0.717, 1.165) is 24.8 Å². The molecule has 0 aromatic heterocycles. The van der Waals surface area contributed by atoms with E-state index in [-0.39, 0.29) is 22.3 Å². The Balaban J connectivity index is 2.23. The van der Waals surface area contributed by atoms with Gasteiger partial charge in [0, 0.05) is 5.92 Å². The van der Waals surface area contributed by atoms with Gasteiger partial charge in [-0.15, -0.1) is 0 Å². The summed E-state index contributed by atoms with van der Waals surface area (Å²) < 4.78 is 13.9. The van der Waals surface area contributed by atoms with Gasteiger partial charge in [0.1, 0.15) is 11.9 Å². The van der Waals surface area contributed by atoms with Gasteiger partial charge in [0.2, 0.25) is 0 Å². The molecule has 3 atom stereocenters. The maximum absolute atomic E-state index is 13.9. The Kier molecular flexibility index (Phi) is 2.75. The lowest BCUT2D eigenvalue weighted by Gasteiger charge is -2.48. The van der Waals surface area contributed by atoms with Crippen molar-refractivity contribution in [2.45, 2.75) is 51.6 Å². The van der Waals surface area contributed by atoms with Crippen LogP contribution < -0.4 is 0 Å². The Morgan fingerprint density at radius 1 is 1.30 bits per heavy atom. The first-order valence-corrected chi connectivity index (χ1v) is 7.23. The van der Waals surface area contributed by atoms with Crippen LogP contribution in [0.25, 0.3) is 0 Å². The van der Waals surface area contributed by atoms with Crippen molar-refractivity contribution in [2.24, 2.45) is 11.3 Å². The standard InChI is InChI=1S/C17H20FNO/c1-16(2)5-4-6-17(3)12-7-10(9-19)13(18)8-11(12)14(20)15(16)17/h7-8,14-15,20H,4-6H2,1-3H3/t14-,15-,17-/m0/s1. The van der Waals surface area contributed by atoms with Crippen LogP contribution in [0.5, 0.6) is 0 Å². The van der Waals surface area contributed by atoms with E-state index in [1.165, 1.54) is 6.07 Å². The van der Waals surface area contributed by atoms with E-state index in [2.05, 4.69) is 20.8 Å². The highest BCUT2D eigenvalue weighted by Gasteiger charge is 2.56. The van der Waals surface area contributed by atoms with Crippen LogP contribution in [-0.2, 0) is 5.41 Å². The number of halogens is 1. The number of nitriles is 1. The molecule has 0 bridgehead atoms. The fraction of sp³-hybridized carbons (Fsp3) is 0.588. The summed E-state index contributed by atoms with van der Waals surface area (Å²) in [5.74, 6) is -0.433. The first-order valence-electron chi connectivity index (χ1n) is 7.23. The molecular weight excluding hydrogens is 253 g/mol. The highest BCUT2D eigenvalue weighted by molar-refractivity contribution is 5.49. The molecule has 1 aromatic carbocycles. The molecule has 0 amide bonds. The lowest BCUT2D eigenvalue weighted by molar-refractivity contribution is -0.0272. The van der Waals surface area contributed by atoms with Crippen LogP contribution in [0.3, 0.4) is 0 Å². The lowest BCUT2D eigenvalue weighted by atomic mass is 9.56. The molecule has 1 N–H and O–H groups in total. The molecule has 2 aliphatic carbocycles. The van der Waals surface area contributed by atoms with Crippen LogP contribution in [-0.4, -0.2) is 5.11 Å². The molecule has 0 spiro atoms. The molecule has 0 aliphatic heterocycles. The molecule has 3 heteroatoms. The molecule has 0 unspecified atom stereocenters. The van der Waals surface area contributed by atoms with Gasteiger partial charge in [-0.1, -0.05) is 27.2 Å². The molecule has 20 heavy (non-hydrogen) atoms. The van der Waals surface area contributed by atoms with Gasteiger partial charge in [0.15, 0.2) is 0 Å². The van der Waals surface area contributed by atoms with Crippen molar-refractivity contribution in [3.8, 4) is 6.07 Å². The van der Waals surface area contributed by atoms with E-state index in [0.29, 0.717) is 5.56 Å². The molecular formula is C17H20FNO. The zero-order valence-corrected chi connectivity index (χ0v) is 12.2. The van der Waals surface area contributed by atoms with Gasteiger partial charge in [-0.3, -0.25) is 0 Å². The molecule has 106 valence electrons. The van der Waals surface area contributed by atoms with Gasteiger partial charge in [-0.25, -0.2) is 4.39 Å². The number of fused-ring (bicyclic) bond motifs is 3. The quantitative estimate of drug-likeness (QED) is 0.780. The van der Waals surface area contributed by atoms with E-state index in [4.69, 9.17) is 5.26 Å². The van der Waals surface area contributed by atoms with E-state index in [1.54, 1.807) is 6.07 Å². The summed E-state index contributed by atoms with van der Waals surface area (Å²) in [5.41, 5.74) is 1.61. The molecule has 0 saturated heterocycles. The summed E-state index contributed by atoms with van der Waals surface area (Å²) in [7, 11) is 0. The van der Waals surface area contributed by atoms with Gasteiger partial charge in [0.25, 0.3) is 0 Å². The Hall–Kier alpha value is -1.40. The summed E-state index contributed by atoms with van der Waals surface area (Å²) in [6.07, 6.45) is 2.53. The number of aliphatic hydroxyl groups excluding tert-OH is 1. The first-order chi connectivity index (χ1) is 9.31. The van der Waals surface area contributed by atoms with Crippen LogP contribution in [0.15, 0.2) is 12.1 Å². The van der Waals surface area contributed by atoms with Crippen LogP contribution in [0, 0.1) is 28.5 Å². The van der Waals surface area contributed by atoms with E-state index in [9.17, 15) is 9.50 Å². The average Bonchev–Trinajstić information content (AvgIpc) is 2.57. The topological polar surface area (TPSA) is 44.0 Å². The Morgan fingerprint density at radius 3 is 2.65 bits per heavy atom. The number of rotatable bonds is 0. The predicted octanol–water partition coefficient (Wildman–Crippen LogP) is 3.83. The normalized spacial score (nSPS) is 34.2. The largest absolute Gasteiger partial charge is 0.388 e. The third-order valence-corrected chi connectivity index (χ3v) is 5.55. The summed E-state index contributed by atoms with van der Waals surface area (Å²) >= 11 is 0. The highest BCUT2D eigenvalue weighted by Crippen LogP contribution is 2.62. The summed E-state index contributed by atoms with van der Waals surface area (Å²) in [6, 6.07) is 4.95. The number of aliphatic hydroxyl groups is 1. The average molecular weight is 273 g/mol. The van der Waals surface area contributed by atoms with Crippen molar-refractivity contribution in [3.63, 3.8) is 0 Å². The van der Waals surface area contributed by atoms with Crippen molar-refractivity contribution in [3.05, 3.63) is 34.6 Å². The maximum atomic E-state index is 13.9. The molecule has 3 rings (SSSR count). The molecule has 1 aromatic rings. The summed E-state index contributed by atoms with van der Waals surface area (Å²) in [5, 5.41) is 19.8. The number of nitrogens with zero attached hydrogens (tertiary/aromatic N) is 1. The molecule has 1 fully saturated rings. The van der Waals surface area contributed by atoms with Gasteiger partial charge in [-0.2, -0.15) is 5.26 Å². The number of hydrogen-bond donors (Lipinski definition) is 1. The summed E-state index contributed by atoms with van der Waals surface area (Å²) in [4.78, 5) is 0. The molecule has 0 radical (unpaired) electrons. The fourth-order valence-electron chi connectivity index (χ4n) is 4.76. The first kappa shape index (κ1) is 13.6. The van der Waals surface area contributed by atoms with E-state index in [1.807, 2.05) is 6.07 Å². The van der Waals surface area contributed by atoms with Gasteiger partial charge >= 0.3 is 0 Å². The molecule has 1 saturated carbocycles. The van der Waals surface area contributed by atoms with Gasteiger partial charge < -0.3 is 5.11 Å². The monoisotopic (exact) mass is 273 g/mol. The minimum Gasteiger partial charge on any atom is -0.388 e. The van der Waals surface area contributed by atoms with Crippen LogP contribution in [0.4, 0.5) is 4.39 Å². The minimum atomic E-state index is -0.632. The van der Waals surface area contributed by atoms with Crippen molar-refractivity contribution in [1.82, 2.24) is 0 Å². The second kappa shape index (κ2) is 4.05. The van der Waals surface area contributed by atoms with Crippen molar-refractivity contribution < 1.29 is 9.50 Å². The van der Waals surface area contributed by atoms with Gasteiger partial charge in [-0.05, 0) is 46.9 Å². The molecule has 0 heterocycles.